The maximum atomic E-state index is 13.8. The largest absolute Gasteiger partial charge is 0.273 e. The van der Waals surface area contributed by atoms with Gasteiger partial charge in [-0.3, -0.25) is 4.79 Å². The van der Waals surface area contributed by atoms with Gasteiger partial charge in [0.15, 0.2) is 0 Å². The number of rotatable bonds is 8. The van der Waals surface area contributed by atoms with Crippen LogP contribution >= 0.6 is 11.6 Å². The van der Waals surface area contributed by atoms with E-state index in [0.29, 0.717) is 5.56 Å². The lowest BCUT2D eigenvalue weighted by atomic mass is 10.0. The first-order chi connectivity index (χ1) is 15.3. The highest BCUT2D eigenvalue weighted by atomic mass is 35.5. The van der Waals surface area contributed by atoms with E-state index in [1.807, 2.05) is 6.92 Å². The zero-order valence-electron chi connectivity index (χ0n) is 17.1. The number of carbonyl (C=O) groups excluding carboxylic acids is 1. The first-order valence-corrected chi connectivity index (χ1v) is 11.5. The average molecular weight is 474 g/mol. The fourth-order valence-corrected chi connectivity index (χ4v) is 4.36. The Morgan fingerprint density at radius 2 is 1.75 bits per heavy atom. The van der Waals surface area contributed by atoms with Crippen LogP contribution in [-0.4, -0.2) is 20.5 Å². The summed E-state index contributed by atoms with van der Waals surface area (Å²) in [7, 11) is -3.88. The van der Waals surface area contributed by atoms with Crippen LogP contribution < -0.4 is 10.1 Å². The number of aryl methyl sites for hydroxylation is 1. The summed E-state index contributed by atoms with van der Waals surface area (Å²) in [5.74, 6) is -1.14. The minimum absolute atomic E-state index is 0.0362. The number of carbonyl (C=O) groups is 1. The van der Waals surface area contributed by atoms with Gasteiger partial charge in [-0.05, 0) is 36.8 Å². The van der Waals surface area contributed by atoms with Crippen LogP contribution in [0.2, 0.25) is 5.02 Å². The van der Waals surface area contributed by atoms with Gasteiger partial charge in [0.25, 0.3) is 0 Å². The SMILES string of the molecule is Cc1ccc(S(=O)(=O)N[C@@H](CC(=O)N/N=C\c2c(F)cccc2Cl)c2ccccc2)cc1. The summed E-state index contributed by atoms with van der Waals surface area (Å²) in [5, 5.41) is 3.90. The Bertz CT molecular complexity index is 1200. The van der Waals surface area contributed by atoms with Crippen LogP contribution in [0.3, 0.4) is 0 Å². The number of hydrogen-bond acceptors (Lipinski definition) is 4. The summed E-state index contributed by atoms with van der Waals surface area (Å²) in [6.45, 7) is 1.86. The third kappa shape index (κ3) is 6.23. The number of hydrazone groups is 1. The Morgan fingerprint density at radius 3 is 2.41 bits per heavy atom. The van der Waals surface area contributed by atoms with Gasteiger partial charge in [-0.1, -0.05) is 65.7 Å². The molecule has 0 aliphatic heterocycles. The zero-order chi connectivity index (χ0) is 23.1. The molecule has 0 fully saturated rings. The van der Waals surface area contributed by atoms with E-state index in [1.54, 1.807) is 42.5 Å². The standard InChI is InChI=1S/C23H21ClFN3O3S/c1-16-10-12-18(13-11-16)32(30,31)28-22(17-6-3-2-4-7-17)14-23(29)27-26-15-19-20(24)8-5-9-21(19)25/h2-13,15,22,28H,14H2,1H3,(H,27,29)/b26-15-/t22-/m0/s1. The highest BCUT2D eigenvalue weighted by molar-refractivity contribution is 7.89. The molecule has 0 aromatic heterocycles. The second-order valence-electron chi connectivity index (χ2n) is 7.03. The number of nitrogens with zero attached hydrogens (tertiary/aromatic N) is 1. The molecule has 0 saturated carbocycles. The van der Waals surface area contributed by atoms with Crippen LogP contribution in [0.5, 0.6) is 0 Å². The summed E-state index contributed by atoms with van der Waals surface area (Å²) in [6.07, 6.45) is 0.876. The molecule has 3 aromatic carbocycles. The highest BCUT2D eigenvalue weighted by Gasteiger charge is 2.23. The molecular weight excluding hydrogens is 453 g/mol. The molecule has 0 bridgehead atoms. The second kappa shape index (κ2) is 10.5. The lowest BCUT2D eigenvalue weighted by Gasteiger charge is -2.18. The van der Waals surface area contributed by atoms with E-state index in [2.05, 4.69) is 15.2 Å². The predicted molar refractivity (Wildman–Crippen MR) is 122 cm³/mol. The molecule has 0 unspecified atom stereocenters. The highest BCUT2D eigenvalue weighted by Crippen LogP contribution is 2.21. The first kappa shape index (κ1) is 23.6. The summed E-state index contributed by atoms with van der Waals surface area (Å²) in [5.41, 5.74) is 3.86. The average Bonchev–Trinajstić information content (AvgIpc) is 2.76. The first-order valence-electron chi connectivity index (χ1n) is 9.66. The zero-order valence-corrected chi connectivity index (χ0v) is 18.7. The molecule has 0 heterocycles. The number of hydrogen-bond donors (Lipinski definition) is 2. The summed E-state index contributed by atoms with van der Waals surface area (Å²) < 4.78 is 42.1. The van der Waals surface area contributed by atoms with Gasteiger partial charge in [-0.2, -0.15) is 5.10 Å². The Hall–Kier alpha value is -3.07. The van der Waals surface area contributed by atoms with Crippen molar-refractivity contribution >= 4 is 33.7 Å². The molecule has 0 aliphatic carbocycles. The molecule has 166 valence electrons. The van der Waals surface area contributed by atoms with E-state index in [9.17, 15) is 17.6 Å². The van der Waals surface area contributed by atoms with Gasteiger partial charge >= 0.3 is 0 Å². The summed E-state index contributed by atoms with van der Waals surface area (Å²) in [6, 6.07) is 18.5. The van der Waals surface area contributed by atoms with Gasteiger partial charge in [-0.15, -0.1) is 0 Å². The Balaban J connectivity index is 1.75. The van der Waals surface area contributed by atoms with Gasteiger partial charge in [0.1, 0.15) is 5.82 Å². The molecule has 6 nitrogen and oxygen atoms in total. The molecule has 9 heteroatoms. The normalized spacial score (nSPS) is 12.6. The van der Waals surface area contributed by atoms with Crippen molar-refractivity contribution in [2.45, 2.75) is 24.3 Å². The number of halogens is 2. The minimum Gasteiger partial charge on any atom is -0.273 e. The van der Waals surface area contributed by atoms with E-state index in [4.69, 9.17) is 11.6 Å². The van der Waals surface area contributed by atoms with Crippen molar-refractivity contribution in [2.75, 3.05) is 0 Å². The van der Waals surface area contributed by atoms with E-state index in [-0.39, 0.29) is 21.9 Å². The topological polar surface area (TPSA) is 87.6 Å². The molecule has 2 N–H and O–H groups in total. The fraction of sp³-hybridized carbons (Fsp3) is 0.130. The van der Waals surface area contributed by atoms with Gasteiger partial charge in [0.05, 0.1) is 22.2 Å². The second-order valence-corrected chi connectivity index (χ2v) is 9.15. The number of sulfonamides is 1. The van der Waals surface area contributed by atoms with Crippen LogP contribution in [0.15, 0.2) is 82.8 Å². The number of benzene rings is 3. The smallest absolute Gasteiger partial charge is 0.242 e. The quantitative estimate of drug-likeness (QED) is 0.376. The molecule has 3 rings (SSSR count). The van der Waals surface area contributed by atoms with Crippen LogP contribution in [0.4, 0.5) is 4.39 Å². The molecule has 32 heavy (non-hydrogen) atoms. The lowest BCUT2D eigenvalue weighted by Crippen LogP contribution is -2.32. The van der Waals surface area contributed by atoms with E-state index < -0.39 is 27.8 Å². The summed E-state index contributed by atoms with van der Waals surface area (Å²) in [4.78, 5) is 12.6. The predicted octanol–water partition coefficient (Wildman–Crippen LogP) is 4.35. The van der Waals surface area contributed by atoms with E-state index in [1.165, 1.54) is 30.3 Å². The molecule has 3 aromatic rings. The van der Waals surface area contributed by atoms with Gasteiger partial charge in [-0.25, -0.2) is 23.0 Å². The van der Waals surface area contributed by atoms with Crippen molar-refractivity contribution < 1.29 is 17.6 Å². The lowest BCUT2D eigenvalue weighted by molar-refractivity contribution is -0.121. The van der Waals surface area contributed by atoms with Crippen molar-refractivity contribution in [1.82, 2.24) is 10.1 Å². The van der Waals surface area contributed by atoms with Gasteiger partial charge in [0.2, 0.25) is 15.9 Å². The van der Waals surface area contributed by atoms with Crippen LogP contribution in [0, 0.1) is 12.7 Å². The van der Waals surface area contributed by atoms with E-state index >= 15 is 0 Å². The molecule has 0 aliphatic rings. The number of amides is 1. The van der Waals surface area contributed by atoms with Crippen LogP contribution in [0.25, 0.3) is 0 Å². The third-order valence-corrected chi connectivity index (χ3v) is 6.42. The Kier molecular flexibility index (Phi) is 7.74. The van der Waals surface area contributed by atoms with Crippen molar-refractivity contribution in [3.8, 4) is 0 Å². The molecular formula is C23H21ClFN3O3S. The monoisotopic (exact) mass is 473 g/mol. The van der Waals surface area contributed by atoms with Crippen molar-refractivity contribution in [2.24, 2.45) is 5.10 Å². The maximum Gasteiger partial charge on any atom is 0.242 e. The molecule has 1 amide bonds. The Morgan fingerprint density at radius 1 is 1.06 bits per heavy atom. The van der Waals surface area contributed by atoms with Crippen molar-refractivity contribution in [3.63, 3.8) is 0 Å². The third-order valence-electron chi connectivity index (χ3n) is 4.60. The van der Waals surface area contributed by atoms with Crippen molar-refractivity contribution in [3.05, 3.63) is 100 Å². The summed E-state index contributed by atoms with van der Waals surface area (Å²) >= 11 is 5.93. The van der Waals surface area contributed by atoms with Crippen molar-refractivity contribution in [1.29, 1.82) is 0 Å². The minimum atomic E-state index is -3.88. The number of nitrogens with one attached hydrogen (secondary N) is 2. The fourth-order valence-electron chi connectivity index (χ4n) is 2.92. The Labute approximate surface area is 191 Å². The van der Waals surface area contributed by atoms with Gasteiger partial charge < -0.3 is 0 Å². The van der Waals surface area contributed by atoms with Crippen LogP contribution in [0.1, 0.15) is 29.2 Å². The maximum absolute atomic E-state index is 13.8. The molecule has 0 saturated heterocycles. The van der Waals surface area contributed by atoms with E-state index in [0.717, 1.165) is 11.8 Å². The molecule has 1 atom stereocenters. The molecule has 0 radical (unpaired) electrons. The van der Waals surface area contributed by atoms with Crippen LogP contribution in [-0.2, 0) is 14.8 Å². The van der Waals surface area contributed by atoms with Gasteiger partial charge in [0, 0.05) is 12.0 Å². The molecule has 0 spiro atoms.